The van der Waals surface area contributed by atoms with E-state index in [9.17, 15) is 18.6 Å². The lowest BCUT2D eigenvalue weighted by molar-refractivity contribution is -0.0528. The molecule has 0 bridgehead atoms. The monoisotopic (exact) mass is 375 g/mol. The van der Waals surface area contributed by atoms with Crippen LogP contribution in [0.2, 0.25) is 0 Å². The predicted molar refractivity (Wildman–Crippen MR) is 82.6 cm³/mol. The number of nitrogens with zero attached hydrogens (tertiary/aromatic N) is 4. The Labute approximate surface area is 141 Å². The topological polar surface area (TPSA) is 215 Å². The number of anilines is 1. The van der Waals surface area contributed by atoms with Crippen molar-refractivity contribution in [1.82, 2.24) is 19.7 Å². The van der Waals surface area contributed by atoms with Gasteiger partial charge in [0.2, 0.25) is 0 Å². The molecule has 25 heavy (non-hydrogen) atoms. The molecule has 14 heteroatoms. The summed E-state index contributed by atoms with van der Waals surface area (Å²) in [7, 11) is -4.22. The van der Waals surface area contributed by atoms with Crippen LogP contribution in [0.5, 0.6) is 0 Å². The third-order valence-electron chi connectivity index (χ3n) is 3.76. The van der Waals surface area contributed by atoms with E-state index >= 15 is 0 Å². The van der Waals surface area contributed by atoms with Gasteiger partial charge in [0.15, 0.2) is 11.9 Å². The molecule has 0 amide bonds. The maximum absolute atomic E-state index is 10.9. The third kappa shape index (κ3) is 3.28. The average molecular weight is 375 g/mol. The minimum atomic E-state index is -4.22. The van der Waals surface area contributed by atoms with Crippen molar-refractivity contribution in [2.24, 2.45) is 10.9 Å². The highest BCUT2D eigenvalue weighted by Gasteiger charge is 2.45. The van der Waals surface area contributed by atoms with E-state index in [0.29, 0.717) is 11.1 Å². The number of aromatic nitrogens is 4. The normalized spacial score (nSPS) is 27.2. The smallest absolute Gasteiger partial charge is 0.333 e. The minimum absolute atomic E-state index is 0.0321. The number of nitrogen functional groups attached to an aromatic ring is 1. The number of hydrogen-bond acceptors (Lipinski definition) is 11. The average Bonchev–Trinajstić information content (AvgIpc) is 3.05. The lowest BCUT2D eigenvalue weighted by atomic mass is 10.1. The van der Waals surface area contributed by atoms with Gasteiger partial charge in [-0.25, -0.2) is 19.8 Å². The van der Waals surface area contributed by atoms with Crippen LogP contribution in [0.1, 0.15) is 11.9 Å². The molecule has 3 heterocycles. The first kappa shape index (κ1) is 17.9. The standard InChI is InChI=1S/C11H17N7O6S/c12-1-4-6-9(13)15-3-16-10(6)18(17-4)11-8(20)7(19)5(24-11)2-23-25(14,21)22/h3,5,7-8,11,19-20H,1-2,12H2,(H2,13,15,16)(H2,14,21,22)/t5-,7+,8-,11-/m1/s1. The number of fused-ring (bicyclic) bond motifs is 1. The third-order valence-corrected chi connectivity index (χ3v) is 4.22. The van der Waals surface area contributed by atoms with Gasteiger partial charge >= 0.3 is 10.3 Å². The van der Waals surface area contributed by atoms with Gasteiger partial charge in [-0.05, 0) is 0 Å². The molecule has 0 spiro atoms. The van der Waals surface area contributed by atoms with Crippen LogP contribution < -0.4 is 16.6 Å². The number of aliphatic hydroxyl groups excluding tert-OH is 2. The number of hydrogen-bond donors (Lipinski definition) is 5. The van der Waals surface area contributed by atoms with Crippen LogP contribution in [0, 0.1) is 0 Å². The number of nitrogens with two attached hydrogens (primary N) is 3. The fraction of sp³-hybridized carbons (Fsp3) is 0.545. The summed E-state index contributed by atoms with van der Waals surface area (Å²) in [5, 5.41) is 29.7. The summed E-state index contributed by atoms with van der Waals surface area (Å²) in [5.74, 6) is 0.152. The summed E-state index contributed by atoms with van der Waals surface area (Å²) >= 11 is 0. The first-order valence-corrected chi connectivity index (χ1v) is 8.56. The number of aliphatic hydroxyl groups is 2. The largest absolute Gasteiger partial charge is 0.387 e. The lowest BCUT2D eigenvalue weighted by Crippen LogP contribution is -2.35. The summed E-state index contributed by atoms with van der Waals surface area (Å²) in [5.41, 5.74) is 12.1. The quantitative estimate of drug-likeness (QED) is 0.349. The Morgan fingerprint density at radius 3 is 2.68 bits per heavy atom. The maximum atomic E-state index is 10.9. The van der Waals surface area contributed by atoms with Crippen LogP contribution in [-0.4, -0.2) is 63.3 Å². The summed E-state index contributed by atoms with van der Waals surface area (Å²) in [4.78, 5) is 7.92. The predicted octanol–water partition coefficient (Wildman–Crippen LogP) is -3.29. The zero-order valence-corrected chi connectivity index (χ0v) is 13.6. The summed E-state index contributed by atoms with van der Waals surface area (Å²) < 4.78 is 32.9. The molecular formula is C11H17N7O6S. The molecule has 0 unspecified atom stereocenters. The molecule has 0 saturated carbocycles. The summed E-state index contributed by atoms with van der Waals surface area (Å²) in [6.45, 7) is -0.544. The van der Waals surface area contributed by atoms with Crippen molar-refractivity contribution in [3.8, 4) is 0 Å². The Morgan fingerprint density at radius 2 is 2.04 bits per heavy atom. The lowest BCUT2D eigenvalue weighted by Gasteiger charge is -2.15. The molecule has 1 saturated heterocycles. The van der Waals surface area contributed by atoms with Crippen molar-refractivity contribution in [3.05, 3.63) is 12.0 Å². The fourth-order valence-corrected chi connectivity index (χ4v) is 2.94. The van der Waals surface area contributed by atoms with Crippen molar-refractivity contribution >= 4 is 27.2 Å². The van der Waals surface area contributed by atoms with Gasteiger partial charge in [0.25, 0.3) is 0 Å². The number of rotatable bonds is 5. The van der Waals surface area contributed by atoms with E-state index in [2.05, 4.69) is 19.2 Å². The van der Waals surface area contributed by atoms with Crippen LogP contribution >= 0.6 is 0 Å². The van der Waals surface area contributed by atoms with E-state index in [0.717, 1.165) is 0 Å². The Morgan fingerprint density at radius 1 is 1.32 bits per heavy atom. The van der Waals surface area contributed by atoms with E-state index in [1.165, 1.54) is 11.0 Å². The fourth-order valence-electron chi connectivity index (χ4n) is 2.62. The molecule has 2 aromatic rings. The molecule has 1 fully saturated rings. The van der Waals surface area contributed by atoms with Crippen LogP contribution in [0.15, 0.2) is 6.33 Å². The van der Waals surface area contributed by atoms with Gasteiger partial charge in [-0.2, -0.15) is 13.5 Å². The second-order valence-electron chi connectivity index (χ2n) is 5.38. The van der Waals surface area contributed by atoms with Crippen LogP contribution in [-0.2, 0) is 25.8 Å². The van der Waals surface area contributed by atoms with E-state index in [1.54, 1.807) is 0 Å². The Balaban J connectivity index is 1.94. The van der Waals surface area contributed by atoms with Crippen molar-refractivity contribution in [3.63, 3.8) is 0 Å². The Kier molecular flexibility index (Phi) is 4.58. The molecule has 0 aromatic carbocycles. The molecule has 0 radical (unpaired) electrons. The Bertz CT molecular complexity index is 886. The van der Waals surface area contributed by atoms with Crippen molar-refractivity contribution in [2.45, 2.75) is 31.1 Å². The molecule has 3 rings (SSSR count). The molecule has 1 aliphatic heterocycles. The maximum Gasteiger partial charge on any atom is 0.333 e. The second-order valence-corrected chi connectivity index (χ2v) is 6.60. The van der Waals surface area contributed by atoms with Crippen LogP contribution in [0.4, 0.5) is 5.82 Å². The first-order valence-electron chi connectivity index (χ1n) is 7.09. The second kappa shape index (κ2) is 6.41. The molecule has 1 aliphatic rings. The zero-order valence-electron chi connectivity index (χ0n) is 12.8. The van der Waals surface area contributed by atoms with Gasteiger partial charge < -0.3 is 26.4 Å². The van der Waals surface area contributed by atoms with E-state index in [1.807, 2.05) is 0 Å². The highest BCUT2D eigenvalue weighted by molar-refractivity contribution is 7.84. The molecule has 138 valence electrons. The van der Waals surface area contributed by atoms with E-state index in [-0.39, 0.29) is 18.0 Å². The summed E-state index contributed by atoms with van der Waals surface area (Å²) in [6, 6.07) is 0. The van der Waals surface area contributed by atoms with E-state index < -0.39 is 41.5 Å². The molecule has 0 aliphatic carbocycles. The molecular weight excluding hydrogens is 358 g/mol. The van der Waals surface area contributed by atoms with Crippen LogP contribution in [0.25, 0.3) is 11.0 Å². The van der Waals surface area contributed by atoms with Gasteiger partial charge in [0.05, 0.1) is 17.7 Å². The molecule has 4 atom stereocenters. The summed E-state index contributed by atoms with van der Waals surface area (Å²) in [6.07, 6.45) is -3.99. The van der Waals surface area contributed by atoms with Gasteiger partial charge in [0, 0.05) is 6.54 Å². The molecule has 8 N–H and O–H groups in total. The van der Waals surface area contributed by atoms with Gasteiger partial charge in [-0.3, -0.25) is 4.18 Å². The van der Waals surface area contributed by atoms with Crippen molar-refractivity contribution in [2.75, 3.05) is 12.3 Å². The molecule has 2 aromatic heterocycles. The van der Waals surface area contributed by atoms with Crippen molar-refractivity contribution in [1.29, 1.82) is 0 Å². The first-order chi connectivity index (χ1) is 11.7. The Hall–Kier alpha value is -1.94. The molecule has 13 nitrogen and oxygen atoms in total. The van der Waals surface area contributed by atoms with Gasteiger partial charge in [-0.15, -0.1) is 0 Å². The van der Waals surface area contributed by atoms with Crippen LogP contribution in [0.3, 0.4) is 0 Å². The SMILES string of the molecule is NCc1nn([C@@H]2O[C@H](COS(N)(=O)=O)[C@H](O)[C@H]2O)c2ncnc(N)c12. The minimum Gasteiger partial charge on any atom is -0.387 e. The number of ether oxygens (including phenoxy) is 1. The van der Waals surface area contributed by atoms with Gasteiger partial charge in [0.1, 0.15) is 30.5 Å². The van der Waals surface area contributed by atoms with Gasteiger partial charge in [-0.1, -0.05) is 0 Å². The highest BCUT2D eigenvalue weighted by atomic mass is 32.2. The van der Waals surface area contributed by atoms with Crippen molar-refractivity contribution < 1.29 is 27.6 Å². The zero-order chi connectivity index (χ0) is 18.4. The highest BCUT2D eigenvalue weighted by Crippen LogP contribution is 2.33. The van der Waals surface area contributed by atoms with E-state index in [4.69, 9.17) is 21.3 Å².